The number of aromatic nitrogens is 2. The lowest BCUT2D eigenvalue weighted by molar-refractivity contribution is 0.464. The number of aryl methyl sites for hydroxylation is 1. The fourth-order valence-electron chi connectivity index (χ4n) is 1.78. The second-order valence-electron chi connectivity index (χ2n) is 4.73. The van der Waals surface area contributed by atoms with Crippen molar-refractivity contribution < 1.29 is 4.74 Å². The minimum Gasteiger partial charge on any atom is -0.437 e. The number of nitrogens with zero attached hydrogens (tertiary/aromatic N) is 2. The summed E-state index contributed by atoms with van der Waals surface area (Å²) in [5.74, 6) is 1.58. The quantitative estimate of drug-likeness (QED) is 0.788. The summed E-state index contributed by atoms with van der Waals surface area (Å²) >= 11 is 6.00. The number of hydrogen-bond acceptors (Lipinski definition) is 5. The molecule has 1 heterocycles. The van der Waals surface area contributed by atoms with Gasteiger partial charge in [-0.05, 0) is 37.1 Å². The van der Waals surface area contributed by atoms with Crippen LogP contribution in [0.4, 0.5) is 11.5 Å². The van der Waals surface area contributed by atoms with Gasteiger partial charge in [0, 0.05) is 11.6 Å². The van der Waals surface area contributed by atoms with Crippen LogP contribution in [0.1, 0.15) is 25.3 Å². The summed E-state index contributed by atoms with van der Waals surface area (Å²) in [5.41, 5.74) is 7.38. The molecule has 0 radical (unpaired) electrons. The minimum absolute atomic E-state index is 0.339. The zero-order chi connectivity index (χ0) is 15.2. The lowest BCUT2D eigenvalue weighted by Crippen LogP contribution is -2.07. The van der Waals surface area contributed by atoms with Gasteiger partial charge in [-0.1, -0.05) is 24.9 Å². The molecule has 3 N–H and O–H groups in total. The van der Waals surface area contributed by atoms with Crippen molar-refractivity contribution in [2.75, 3.05) is 17.6 Å². The van der Waals surface area contributed by atoms with E-state index in [2.05, 4.69) is 22.2 Å². The first-order valence-electron chi connectivity index (χ1n) is 6.90. The Hall–Kier alpha value is -2.01. The molecule has 0 atom stereocenters. The number of ether oxygens (including phenoxy) is 1. The number of benzene rings is 1. The number of nitrogens with one attached hydrogen (secondary N) is 1. The molecule has 0 amide bonds. The summed E-state index contributed by atoms with van der Waals surface area (Å²) in [5, 5.41) is 3.88. The number of anilines is 2. The molecule has 0 fully saturated rings. The Kier molecular flexibility index (Phi) is 5.22. The van der Waals surface area contributed by atoms with E-state index in [1.54, 1.807) is 12.1 Å². The van der Waals surface area contributed by atoms with Crippen molar-refractivity contribution in [1.82, 2.24) is 9.97 Å². The first-order chi connectivity index (χ1) is 10.1. The molecule has 0 aliphatic carbocycles. The third-order valence-corrected chi connectivity index (χ3v) is 3.44. The van der Waals surface area contributed by atoms with Gasteiger partial charge in [-0.25, -0.2) is 4.98 Å². The van der Waals surface area contributed by atoms with Crippen molar-refractivity contribution in [3.63, 3.8) is 0 Å². The Morgan fingerprint density at radius 1 is 1.33 bits per heavy atom. The molecular weight excluding hydrogens is 288 g/mol. The number of rotatable bonds is 6. The SMILES string of the molecule is CCCCNc1ncnc(Oc2ccc(Cl)c(C)c2)c1N. The monoisotopic (exact) mass is 306 g/mol. The summed E-state index contributed by atoms with van der Waals surface area (Å²) in [7, 11) is 0. The van der Waals surface area contributed by atoms with Crippen molar-refractivity contribution in [2.24, 2.45) is 0 Å². The average Bonchev–Trinajstić information content (AvgIpc) is 2.47. The maximum Gasteiger partial charge on any atom is 0.248 e. The van der Waals surface area contributed by atoms with Crippen molar-refractivity contribution >= 4 is 23.1 Å². The predicted octanol–water partition coefficient (Wildman–Crippen LogP) is 4.02. The zero-order valence-electron chi connectivity index (χ0n) is 12.2. The highest BCUT2D eigenvalue weighted by Crippen LogP contribution is 2.30. The van der Waals surface area contributed by atoms with Crippen LogP contribution in [-0.4, -0.2) is 16.5 Å². The lowest BCUT2D eigenvalue weighted by Gasteiger charge is -2.12. The van der Waals surface area contributed by atoms with Crippen LogP contribution in [0.25, 0.3) is 0 Å². The van der Waals surface area contributed by atoms with Gasteiger partial charge in [0.25, 0.3) is 0 Å². The first kappa shape index (κ1) is 15.4. The van der Waals surface area contributed by atoms with E-state index in [-0.39, 0.29) is 0 Å². The van der Waals surface area contributed by atoms with Crippen molar-refractivity contribution in [2.45, 2.75) is 26.7 Å². The smallest absolute Gasteiger partial charge is 0.248 e. The van der Waals surface area contributed by atoms with Crippen LogP contribution >= 0.6 is 11.6 Å². The summed E-state index contributed by atoms with van der Waals surface area (Å²) in [6.45, 7) is 4.86. The van der Waals surface area contributed by atoms with Crippen LogP contribution in [0.5, 0.6) is 11.6 Å². The Morgan fingerprint density at radius 2 is 2.14 bits per heavy atom. The molecule has 5 nitrogen and oxygen atoms in total. The molecule has 2 aromatic rings. The molecule has 21 heavy (non-hydrogen) atoms. The molecule has 0 unspecified atom stereocenters. The van der Waals surface area contributed by atoms with Gasteiger partial charge in [-0.15, -0.1) is 0 Å². The number of halogens is 1. The topological polar surface area (TPSA) is 73.1 Å². The minimum atomic E-state index is 0.339. The number of nitrogen functional groups attached to an aromatic ring is 1. The molecule has 0 aliphatic heterocycles. The molecule has 0 saturated heterocycles. The second-order valence-corrected chi connectivity index (χ2v) is 5.14. The van der Waals surface area contributed by atoms with Gasteiger partial charge in [-0.3, -0.25) is 0 Å². The van der Waals surface area contributed by atoms with E-state index in [4.69, 9.17) is 22.1 Å². The van der Waals surface area contributed by atoms with E-state index in [1.807, 2.05) is 13.0 Å². The van der Waals surface area contributed by atoms with Crippen molar-refractivity contribution in [1.29, 1.82) is 0 Å². The summed E-state index contributed by atoms with van der Waals surface area (Å²) < 4.78 is 5.72. The van der Waals surface area contributed by atoms with Gasteiger partial charge in [0.15, 0.2) is 5.82 Å². The first-order valence-corrected chi connectivity index (χ1v) is 7.28. The average molecular weight is 307 g/mol. The normalized spacial score (nSPS) is 10.4. The van der Waals surface area contributed by atoms with Crippen LogP contribution in [0.3, 0.4) is 0 Å². The molecule has 0 bridgehead atoms. The predicted molar refractivity (Wildman–Crippen MR) is 86.1 cm³/mol. The maximum absolute atomic E-state index is 6.04. The van der Waals surface area contributed by atoms with E-state index < -0.39 is 0 Å². The Labute approximate surface area is 129 Å². The summed E-state index contributed by atoms with van der Waals surface area (Å²) in [6.07, 6.45) is 3.59. The molecular formula is C15H19ClN4O. The Balaban J connectivity index is 2.16. The van der Waals surface area contributed by atoms with Gasteiger partial charge in [-0.2, -0.15) is 4.98 Å². The highest BCUT2D eigenvalue weighted by atomic mass is 35.5. The van der Waals surface area contributed by atoms with Crippen molar-refractivity contribution in [3.8, 4) is 11.6 Å². The number of nitrogens with two attached hydrogens (primary N) is 1. The molecule has 0 spiro atoms. The number of unbranched alkanes of at least 4 members (excludes halogenated alkanes) is 1. The van der Waals surface area contributed by atoms with Gasteiger partial charge in [0.2, 0.25) is 5.88 Å². The molecule has 1 aromatic heterocycles. The van der Waals surface area contributed by atoms with Crippen LogP contribution in [-0.2, 0) is 0 Å². The molecule has 6 heteroatoms. The number of hydrogen-bond donors (Lipinski definition) is 2. The fourth-order valence-corrected chi connectivity index (χ4v) is 1.90. The Bertz CT molecular complexity index is 619. The standard InChI is InChI=1S/C15H19ClN4O/c1-3-4-7-18-14-13(17)15(20-9-19-14)21-11-5-6-12(16)10(2)8-11/h5-6,8-9H,3-4,7,17H2,1-2H3,(H,18,19,20). The molecule has 112 valence electrons. The van der Waals surface area contributed by atoms with Crippen LogP contribution < -0.4 is 15.8 Å². The largest absolute Gasteiger partial charge is 0.437 e. The second kappa shape index (κ2) is 7.13. The van der Waals surface area contributed by atoms with Crippen LogP contribution in [0.15, 0.2) is 24.5 Å². The summed E-state index contributed by atoms with van der Waals surface area (Å²) in [6, 6.07) is 5.40. The third-order valence-electron chi connectivity index (χ3n) is 3.01. The van der Waals surface area contributed by atoms with Gasteiger partial charge in [0.05, 0.1) is 0 Å². The fraction of sp³-hybridized carbons (Fsp3) is 0.333. The Morgan fingerprint density at radius 3 is 2.86 bits per heavy atom. The zero-order valence-corrected chi connectivity index (χ0v) is 12.9. The highest BCUT2D eigenvalue weighted by Gasteiger charge is 2.10. The van der Waals surface area contributed by atoms with Gasteiger partial charge in [0.1, 0.15) is 17.8 Å². The van der Waals surface area contributed by atoms with E-state index >= 15 is 0 Å². The van der Waals surface area contributed by atoms with Crippen LogP contribution in [0.2, 0.25) is 5.02 Å². The van der Waals surface area contributed by atoms with E-state index in [1.165, 1.54) is 6.33 Å². The van der Waals surface area contributed by atoms with E-state index in [0.717, 1.165) is 24.9 Å². The van der Waals surface area contributed by atoms with Gasteiger partial charge < -0.3 is 15.8 Å². The lowest BCUT2D eigenvalue weighted by atomic mass is 10.2. The maximum atomic E-state index is 6.04. The van der Waals surface area contributed by atoms with E-state index in [0.29, 0.717) is 28.2 Å². The third kappa shape index (κ3) is 3.98. The molecule has 0 saturated carbocycles. The summed E-state index contributed by atoms with van der Waals surface area (Å²) in [4.78, 5) is 8.22. The molecule has 2 rings (SSSR count). The molecule has 0 aliphatic rings. The van der Waals surface area contributed by atoms with Crippen molar-refractivity contribution in [3.05, 3.63) is 35.1 Å². The van der Waals surface area contributed by atoms with Gasteiger partial charge >= 0.3 is 0 Å². The highest BCUT2D eigenvalue weighted by molar-refractivity contribution is 6.31. The molecule has 1 aromatic carbocycles. The van der Waals surface area contributed by atoms with Crippen LogP contribution in [0, 0.1) is 6.92 Å². The van der Waals surface area contributed by atoms with E-state index in [9.17, 15) is 0 Å².